The van der Waals surface area contributed by atoms with E-state index < -0.39 is 16.1 Å². The third kappa shape index (κ3) is 8.32. The smallest absolute Gasteiger partial charge is 0.242 e. The molecule has 0 heterocycles. The van der Waals surface area contributed by atoms with Gasteiger partial charge in [-0.3, -0.25) is 13.9 Å². The van der Waals surface area contributed by atoms with E-state index in [2.05, 4.69) is 5.32 Å². The molecule has 39 heavy (non-hydrogen) atoms. The number of methoxy groups -OCH3 is 1. The fourth-order valence-electron chi connectivity index (χ4n) is 4.46. The molecule has 208 valence electrons. The largest absolute Gasteiger partial charge is 0.497 e. The number of benzene rings is 3. The van der Waals surface area contributed by atoms with Crippen LogP contribution in [0.25, 0.3) is 0 Å². The lowest BCUT2D eigenvalue weighted by Crippen LogP contribution is -2.50. The lowest BCUT2D eigenvalue weighted by atomic mass is 10.0. The van der Waals surface area contributed by atoms with Gasteiger partial charge in [-0.25, -0.2) is 8.42 Å². The molecule has 0 aliphatic rings. The van der Waals surface area contributed by atoms with Gasteiger partial charge in [-0.2, -0.15) is 0 Å². The van der Waals surface area contributed by atoms with Crippen LogP contribution in [0.3, 0.4) is 0 Å². The first-order valence-electron chi connectivity index (χ1n) is 12.8. The van der Waals surface area contributed by atoms with E-state index in [1.165, 1.54) is 11.4 Å². The van der Waals surface area contributed by atoms with E-state index in [0.29, 0.717) is 17.9 Å². The molecule has 2 amide bonds. The van der Waals surface area contributed by atoms with Crippen LogP contribution in [0, 0.1) is 6.92 Å². The molecule has 0 bridgehead atoms. The molecule has 3 aromatic carbocycles. The van der Waals surface area contributed by atoms with Crippen molar-refractivity contribution in [2.24, 2.45) is 0 Å². The summed E-state index contributed by atoms with van der Waals surface area (Å²) in [6.07, 6.45) is 1.85. The van der Waals surface area contributed by atoms with Crippen molar-refractivity contribution in [1.82, 2.24) is 10.2 Å². The first-order chi connectivity index (χ1) is 18.6. The minimum Gasteiger partial charge on any atom is -0.497 e. The van der Waals surface area contributed by atoms with Crippen molar-refractivity contribution >= 4 is 27.5 Å². The maximum Gasteiger partial charge on any atom is 0.242 e. The highest BCUT2D eigenvalue weighted by Gasteiger charge is 2.30. The number of nitrogens with one attached hydrogen (secondary N) is 1. The standard InChI is InChI=1S/C30H37N3O5S/c1-23-12-8-9-15-25(23)22-32(28(30(35)31-2)20-24-13-6-5-7-14-24)29(34)18-11-19-33(39(4,36)37)26-16-10-17-27(21-26)38-3/h5-10,12-17,21,28H,11,18-20,22H2,1-4H3,(H,31,35). The molecule has 3 aromatic rings. The third-order valence-corrected chi connectivity index (χ3v) is 7.81. The van der Waals surface area contributed by atoms with E-state index >= 15 is 0 Å². The van der Waals surface area contributed by atoms with Crippen molar-refractivity contribution in [1.29, 1.82) is 0 Å². The number of likely N-dealkylation sites (N-methyl/N-ethyl adjacent to an activating group) is 1. The molecule has 0 aliphatic heterocycles. The number of sulfonamides is 1. The second-order valence-electron chi connectivity index (χ2n) is 9.41. The molecule has 0 aromatic heterocycles. The van der Waals surface area contributed by atoms with Crippen molar-refractivity contribution in [3.63, 3.8) is 0 Å². The monoisotopic (exact) mass is 551 g/mol. The number of aryl methyl sites for hydroxylation is 1. The summed E-state index contributed by atoms with van der Waals surface area (Å²) in [6.45, 7) is 2.35. The van der Waals surface area contributed by atoms with E-state index in [1.807, 2.05) is 61.5 Å². The predicted octanol–water partition coefficient (Wildman–Crippen LogP) is 3.94. The average molecular weight is 552 g/mol. The average Bonchev–Trinajstić information content (AvgIpc) is 2.93. The minimum atomic E-state index is -3.60. The number of carbonyl (C=O) groups is 2. The highest BCUT2D eigenvalue weighted by molar-refractivity contribution is 7.92. The lowest BCUT2D eigenvalue weighted by Gasteiger charge is -2.32. The van der Waals surface area contributed by atoms with Gasteiger partial charge >= 0.3 is 0 Å². The maximum atomic E-state index is 13.7. The molecule has 0 saturated heterocycles. The van der Waals surface area contributed by atoms with E-state index in [0.717, 1.165) is 22.9 Å². The Labute approximate surface area is 231 Å². The zero-order valence-corrected chi connectivity index (χ0v) is 23.8. The third-order valence-electron chi connectivity index (χ3n) is 6.61. The maximum absolute atomic E-state index is 13.7. The van der Waals surface area contributed by atoms with Crippen LogP contribution >= 0.6 is 0 Å². The van der Waals surface area contributed by atoms with Gasteiger partial charge in [-0.1, -0.05) is 60.7 Å². The van der Waals surface area contributed by atoms with Crippen LogP contribution < -0.4 is 14.4 Å². The van der Waals surface area contributed by atoms with Gasteiger partial charge in [0.05, 0.1) is 19.1 Å². The number of amides is 2. The fraction of sp³-hybridized carbons (Fsp3) is 0.333. The van der Waals surface area contributed by atoms with Crippen LogP contribution in [0.5, 0.6) is 5.75 Å². The number of carbonyl (C=O) groups excluding carboxylic acids is 2. The first kappa shape index (κ1) is 29.7. The van der Waals surface area contributed by atoms with Gasteiger partial charge in [-0.05, 0) is 42.2 Å². The summed E-state index contributed by atoms with van der Waals surface area (Å²) in [7, 11) is -0.519. The molecule has 3 rings (SSSR count). The molecule has 0 saturated carbocycles. The van der Waals surface area contributed by atoms with Gasteiger partial charge in [0.25, 0.3) is 0 Å². The summed E-state index contributed by atoms with van der Waals surface area (Å²) in [5.41, 5.74) is 3.37. The van der Waals surface area contributed by atoms with E-state index in [-0.39, 0.29) is 37.7 Å². The van der Waals surface area contributed by atoms with E-state index in [4.69, 9.17) is 4.74 Å². The fourth-order valence-corrected chi connectivity index (χ4v) is 5.42. The number of nitrogens with zero attached hydrogens (tertiary/aromatic N) is 2. The quantitative estimate of drug-likeness (QED) is 0.347. The summed E-state index contributed by atoms with van der Waals surface area (Å²) < 4.78 is 31.7. The molecule has 1 unspecified atom stereocenters. The Kier molecular flexibility index (Phi) is 10.5. The van der Waals surface area contributed by atoms with Crippen LogP contribution in [0.1, 0.15) is 29.5 Å². The molecule has 0 aliphatic carbocycles. The van der Waals surface area contributed by atoms with Gasteiger partial charge in [0.15, 0.2) is 0 Å². The number of anilines is 1. The van der Waals surface area contributed by atoms with E-state index in [9.17, 15) is 18.0 Å². The Balaban J connectivity index is 1.85. The van der Waals surface area contributed by atoms with Gasteiger partial charge in [0, 0.05) is 39.0 Å². The second kappa shape index (κ2) is 13.8. The van der Waals surface area contributed by atoms with Crippen LogP contribution in [-0.2, 0) is 32.6 Å². The van der Waals surface area contributed by atoms with Crippen molar-refractivity contribution in [3.05, 3.63) is 95.6 Å². The van der Waals surface area contributed by atoms with Gasteiger partial charge < -0.3 is 15.0 Å². The summed E-state index contributed by atoms with van der Waals surface area (Å²) in [6, 6.07) is 23.4. The second-order valence-corrected chi connectivity index (χ2v) is 11.3. The van der Waals surface area contributed by atoms with Gasteiger partial charge in [0.1, 0.15) is 11.8 Å². The summed E-state index contributed by atoms with van der Waals surface area (Å²) in [5, 5.41) is 2.72. The topological polar surface area (TPSA) is 96.0 Å². The minimum absolute atomic E-state index is 0.0736. The van der Waals surface area contributed by atoms with Crippen molar-refractivity contribution in [2.75, 3.05) is 31.3 Å². The van der Waals surface area contributed by atoms with Crippen LogP contribution in [0.15, 0.2) is 78.9 Å². The Morgan fingerprint density at radius 1 is 0.974 bits per heavy atom. The highest BCUT2D eigenvalue weighted by Crippen LogP contribution is 2.24. The van der Waals surface area contributed by atoms with E-state index in [1.54, 1.807) is 36.2 Å². The Morgan fingerprint density at radius 2 is 1.67 bits per heavy atom. The Morgan fingerprint density at radius 3 is 2.31 bits per heavy atom. The first-order valence-corrected chi connectivity index (χ1v) is 14.7. The number of ether oxygens (including phenoxy) is 1. The zero-order valence-electron chi connectivity index (χ0n) is 23.0. The van der Waals surface area contributed by atoms with Crippen LogP contribution in [0.2, 0.25) is 0 Å². The normalized spacial score (nSPS) is 11.9. The molecule has 0 spiro atoms. The van der Waals surface area contributed by atoms with Crippen molar-refractivity contribution < 1.29 is 22.7 Å². The summed E-state index contributed by atoms with van der Waals surface area (Å²) in [5.74, 6) is 0.0628. The highest BCUT2D eigenvalue weighted by atomic mass is 32.2. The van der Waals surface area contributed by atoms with Crippen LogP contribution in [-0.4, -0.2) is 58.1 Å². The molecular weight excluding hydrogens is 514 g/mol. The number of hydrogen-bond acceptors (Lipinski definition) is 5. The molecular formula is C30H37N3O5S. The van der Waals surface area contributed by atoms with Gasteiger partial charge in [-0.15, -0.1) is 0 Å². The number of rotatable bonds is 13. The Bertz CT molecular complexity index is 1360. The molecule has 9 heteroatoms. The SMILES string of the molecule is CNC(=O)C(Cc1ccccc1)N(Cc1ccccc1C)C(=O)CCCN(c1cccc(OC)c1)S(C)(=O)=O. The molecule has 8 nitrogen and oxygen atoms in total. The Hall–Kier alpha value is -3.85. The lowest BCUT2D eigenvalue weighted by molar-refractivity contribution is -0.141. The summed E-state index contributed by atoms with van der Waals surface area (Å²) in [4.78, 5) is 28.4. The number of hydrogen-bond donors (Lipinski definition) is 1. The van der Waals surface area contributed by atoms with Crippen molar-refractivity contribution in [2.45, 2.75) is 38.8 Å². The zero-order chi connectivity index (χ0) is 28.4. The van der Waals surface area contributed by atoms with Gasteiger partial charge in [0.2, 0.25) is 21.8 Å². The molecule has 0 radical (unpaired) electrons. The molecule has 1 atom stereocenters. The van der Waals surface area contributed by atoms with Crippen molar-refractivity contribution in [3.8, 4) is 5.75 Å². The predicted molar refractivity (Wildman–Crippen MR) is 154 cm³/mol. The van der Waals surface area contributed by atoms with Crippen LogP contribution in [0.4, 0.5) is 5.69 Å². The molecule has 1 N–H and O–H groups in total. The summed E-state index contributed by atoms with van der Waals surface area (Å²) >= 11 is 0. The molecule has 0 fully saturated rings.